The number of nitrogens with two attached hydrogens (primary N) is 1. The third-order valence-electron chi connectivity index (χ3n) is 7.06. The normalized spacial score (nSPS) is 19.5. The minimum atomic E-state index is -4.22. The number of esters is 2. The zero-order valence-corrected chi connectivity index (χ0v) is 28.1. The summed E-state index contributed by atoms with van der Waals surface area (Å²) in [5.74, 6) is -0.826. The van der Waals surface area contributed by atoms with Crippen molar-refractivity contribution in [2.45, 2.75) is 71.9 Å². The highest BCUT2D eigenvalue weighted by Gasteiger charge is 2.52. The van der Waals surface area contributed by atoms with Crippen LogP contribution in [0.4, 0.5) is 5.95 Å². The monoisotopic (exact) mass is 708 g/mol. The second-order valence-electron chi connectivity index (χ2n) is 11.0. The molecule has 2 heterocycles. The summed E-state index contributed by atoms with van der Waals surface area (Å²) < 4.78 is 39.4. The number of imidazole rings is 1. The molecule has 4 N–H and O–H groups in total. The van der Waals surface area contributed by atoms with Crippen LogP contribution >= 0.6 is 23.7 Å². The van der Waals surface area contributed by atoms with Crippen molar-refractivity contribution >= 4 is 58.9 Å². The average Bonchev–Trinajstić information content (AvgIpc) is 3.51. The summed E-state index contributed by atoms with van der Waals surface area (Å²) >= 11 is 3.36. The molecule has 0 aliphatic heterocycles. The van der Waals surface area contributed by atoms with Gasteiger partial charge >= 0.3 is 19.7 Å². The Morgan fingerprint density at radius 2 is 1.96 bits per heavy atom. The van der Waals surface area contributed by atoms with Gasteiger partial charge in [-0.25, -0.2) is 9.55 Å². The smallest absolute Gasteiger partial charge is 0.459 e. The van der Waals surface area contributed by atoms with Crippen molar-refractivity contribution in [3.63, 3.8) is 0 Å². The Balaban J connectivity index is 1.60. The molecule has 1 aliphatic carbocycles. The van der Waals surface area contributed by atoms with Gasteiger partial charge in [0, 0.05) is 17.1 Å². The SMILES string of the molecule is CCCC(=O)OC[C@@]1(CO[P@@](=O)(NC(C)C(=O)OC(C)CCC)Oc2ccc(Br)cc2)C/C1=C/n1cnc2c(=O)[nH]c(N)nc21. The summed E-state index contributed by atoms with van der Waals surface area (Å²) in [6.07, 6.45) is 5.55. The number of benzene rings is 1. The highest BCUT2D eigenvalue weighted by atomic mass is 79.9. The van der Waals surface area contributed by atoms with Crippen molar-refractivity contribution in [2.75, 3.05) is 18.9 Å². The molecule has 1 aromatic carbocycles. The summed E-state index contributed by atoms with van der Waals surface area (Å²) in [6.45, 7) is 6.88. The first kappa shape index (κ1) is 34.4. The van der Waals surface area contributed by atoms with E-state index in [1.54, 1.807) is 37.4 Å². The Morgan fingerprint density at radius 3 is 2.64 bits per heavy atom. The molecule has 1 saturated carbocycles. The first-order valence-electron chi connectivity index (χ1n) is 14.6. The fraction of sp³-hybridized carbons (Fsp3) is 0.483. The molecule has 1 fully saturated rings. The van der Waals surface area contributed by atoms with Crippen LogP contribution in [0.15, 0.2) is 45.4 Å². The van der Waals surface area contributed by atoms with E-state index in [0.717, 1.165) is 16.5 Å². The number of carbonyl (C=O) groups excluding carboxylic acids is 2. The molecule has 244 valence electrons. The Bertz CT molecular complexity index is 1660. The number of aromatic nitrogens is 4. The molecule has 2 unspecified atom stereocenters. The quantitative estimate of drug-likeness (QED) is 0.134. The number of hydrogen-bond acceptors (Lipinski definition) is 11. The first-order chi connectivity index (χ1) is 21.4. The molecule has 0 radical (unpaired) electrons. The van der Waals surface area contributed by atoms with Crippen molar-refractivity contribution < 1.29 is 32.7 Å². The summed E-state index contributed by atoms with van der Waals surface area (Å²) in [4.78, 5) is 48.1. The lowest BCUT2D eigenvalue weighted by Crippen LogP contribution is -2.37. The van der Waals surface area contributed by atoms with E-state index in [1.807, 2.05) is 13.8 Å². The van der Waals surface area contributed by atoms with Crippen molar-refractivity contribution in [2.24, 2.45) is 5.41 Å². The number of halogens is 1. The molecule has 4 rings (SSSR count). The number of rotatable bonds is 16. The van der Waals surface area contributed by atoms with Crippen molar-refractivity contribution in [1.82, 2.24) is 24.6 Å². The Labute approximate surface area is 268 Å². The van der Waals surface area contributed by atoms with Crippen LogP contribution in [0.1, 0.15) is 59.8 Å². The highest BCUT2D eigenvalue weighted by molar-refractivity contribution is 9.10. The van der Waals surface area contributed by atoms with Gasteiger partial charge in [-0.3, -0.25) is 28.5 Å². The largest absolute Gasteiger partial charge is 0.465 e. The Hall–Kier alpha value is -3.52. The number of nitrogen functional groups attached to an aromatic ring is 1. The minimum Gasteiger partial charge on any atom is -0.465 e. The Morgan fingerprint density at radius 1 is 1.22 bits per heavy atom. The number of carbonyl (C=O) groups is 2. The molecule has 1 aliphatic rings. The van der Waals surface area contributed by atoms with Gasteiger partial charge < -0.3 is 19.7 Å². The standard InChI is InChI=1S/C29H38BrN6O8P/c1-5-7-18(3)43-27(39)19(4)35-45(40,44-22-11-9-21(30)10-12-22)42-16-29(15-41-23(37)8-6-2)13-20(29)14-36-17-32-24-25(36)33-28(31)34-26(24)38/h9-12,14,17-19H,5-8,13,15-16H2,1-4H3,(H,35,40)(H3,31,33,34,38)/b20-14-/t18?,19?,29-,45+/m1/s1. The second-order valence-corrected chi connectivity index (χ2v) is 13.6. The first-order valence-corrected chi connectivity index (χ1v) is 17.0. The molecule has 0 amide bonds. The van der Waals surface area contributed by atoms with Gasteiger partial charge in [-0.15, -0.1) is 0 Å². The summed E-state index contributed by atoms with van der Waals surface area (Å²) in [7, 11) is -4.22. The number of fused-ring (bicyclic) bond motifs is 1. The number of hydrogen-bond donors (Lipinski definition) is 3. The predicted octanol–water partition coefficient (Wildman–Crippen LogP) is 4.95. The van der Waals surface area contributed by atoms with Gasteiger partial charge in [0.2, 0.25) is 5.95 Å². The number of anilines is 1. The molecule has 2 aromatic heterocycles. The van der Waals surface area contributed by atoms with Crippen LogP contribution in [0, 0.1) is 5.41 Å². The van der Waals surface area contributed by atoms with E-state index in [4.69, 9.17) is 24.3 Å². The Kier molecular flexibility index (Phi) is 11.2. The van der Waals surface area contributed by atoms with E-state index in [0.29, 0.717) is 19.3 Å². The van der Waals surface area contributed by atoms with Gasteiger partial charge in [0.25, 0.3) is 5.56 Å². The number of ether oxygens (including phenoxy) is 2. The van der Waals surface area contributed by atoms with E-state index < -0.39 is 30.7 Å². The van der Waals surface area contributed by atoms with Crippen molar-refractivity contribution in [3.05, 3.63) is 51.0 Å². The van der Waals surface area contributed by atoms with Gasteiger partial charge in [-0.1, -0.05) is 36.2 Å². The molecule has 3 aromatic rings. The maximum Gasteiger partial charge on any atom is 0.459 e. The third kappa shape index (κ3) is 9.03. The topological polar surface area (TPSA) is 190 Å². The van der Waals surface area contributed by atoms with Gasteiger partial charge in [0.05, 0.1) is 18.1 Å². The lowest BCUT2D eigenvalue weighted by Gasteiger charge is -2.25. The van der Waals surface area contributed by atoms with E-state index in [9.17, 15) is 18.9 Å². The molecule has 14 nitrogen and oxygen atoms in total. The fourth-order valence-corrected chi connectivity index (χ4v) is 6.36. The van der Waals surface area contributed by atoms with E-state index in [-0.39, 0.29) is 54.6 Å². The molecule has 0 saturated heterocycles. The highest BCUT2D eigenvalue weighted by Crippen LogP contribution is 2.56. The third-order valence-corrected chi connectivity index (χ3v) is 9.21. The van der Waals surface area contributed by atoms with Crippen molar-refractivity contribution in [1.29, 1.82) is 0 Å². The lowest BCUT2D eigenvalue weighted by molar-refractivity contribution is -0.150. The van der Waals surface area contributed by atoms with Gasteiger partial charge in [0.1, 0.15) is 24.7 Å². The van der Waals surface area contributed by atoms with Crippen LogP contribution in [0.2, 0.25) is 0 Å². The van der Waals surface area contributed by atoms with Gasteiger partial charge in [-0.05, 0) is 62.9 Å². The zero-order valence-electron chi connectivity index (χ0n) is 25.6. The van der Waals surface area contributed by atoms with Gasteiger partial charge in [0.15, 0.2) is 11.2 Å². The van der Waals surface area contributed by atoms with Gasteiger partial charge in [-0.2, -0.15) is 10.1 Å². The molecule has 4 atom stereocenters. The summed E-state index contributed by atoms with van der Waals surface area (Å²) in [5.41, 5.74) is 5.46. The van der Waals surface area contributed by atoms with Crippen LogP contribution in [0.25, 0.3) is 17.4 Å². The van der Waals surface area contributed by atoms with E-state index in [2.05, 4.69) is 36.0 Å². The van der Waals surface area contributed by atoms with Crippen LogP contribution < -0.4 is 20.9 Å². The molecular weight excluding hydrogens is 671 g/mol. The molecule has 0 spiro atoms. The number of nitrogens with zero attached hydrogens (tertiary/aromatic N) is 3. The maximum absolute atomic E-state index is 14.2. The molecule has 16 heteroatoms. The number of H-pyrrole nitrogens is 1. The molecule has 45 heavy (non-hydrogen) atoms. The molecular formula is C29H38BrN6O8P. The second kappa shape index (κ2) is 14.7. The number of nitrogens with one attached hydrogen (secondary N) is 2. The van der Waals surface area contributed by atoms with Crippen LogP contribution in [0.3, 0.4) is 0 Å². The fourth-order valence-electron chi connectivity index (χ4n) is 4.52. The number of aromatic amines is 1. The minimum absolute atomic E-state index is 0.0646. The lowest BCUT2D eigenvalue weighted by atomic mass is 10.1. The van der Waals surface area contributed by atoms with Crippen LogP contribution in [-0.2, 0) is 28.2 Å². The van der Waals surface area contributed by atoms with E-state index >= 15 is 0 Å². The van der Waals surface area contributed by atoms with Crippen LogP contribution in [-0.4, -0.2) is 56.8 Å². The zero-order chi connectivity index (χ0) is 32.8. The maximum atomic E-state index is 14.2. The predicted molar refractivity (Wildman–Crippen MR) is 171 cm³/mol. The van der Waals surface area contributed by atoms with Crippen molar-refractivity contribution in [3.8, 4) is 5.75 Å². The molecule has 0 bridgehead atoms. The summed E-state index contributed by atoms with van der Waals surface area (Å²) in [5, 5.41) is 2.71. The summed E-state index contributed by atoms with van der Waals surface area (Å²) in [6, 6.07) is 5.58. The van der Waals surface area contributed by atoms with Crippen LogP contribution in [0.5, 0.6) is 5.75 Å². The average molecular weight is 710 g/mol. The van der Waals surface area contributed by atoms with E-state index in [1.165, 1.54) is 17.8 Å².